The van der Waals surface area contributed by atoms with Gasteiger partial charge in [0.1, 0.15) is 0 Å². The van der Waals surface area contributed by atoms with Gasteiger partial charge in [-0.05, 0) is 49.1 Å². The lowest BCUT2D eigenvalue weighted by Crippen LogP contribution is -2.38. The Bertz CT molecular complexity index is 1080. The van der Waals surface area contributed by atoms with E-state index in [4.69, 9.17) is 0 Å². The van der Waals surface area contributed by atoms with Gasteiger partial charge in [0.25, 0.3) is 5.91 Å². The van der Waals surface area contributed by atoms with Gasteiger partial charge in [-0.1, -0.05) is 60.7 Å². The maximum Gasteiger partial charge on any atom is 0.254 e. The van der Waals surface area contributed by atoms with Crippen molar-refractivity contribution in [2.75, 3.05) is 0 Å². The molecule has 29 heavy (non-hydrogen) atoms. The maximum absolute atomic E-state index is 13.5. The summed E-state index contributed by atoms with van der Waals surface area (Å²) in [5.41, 5.74) is 5.94. The number of thiazole rings is 1. The van der Waals surface area contributed by atoms with Gasteiger partial charge in [-0.2, -0.15) is 0 Å². The van der Waals surface area contributed by atoms with E-state index < -0.39 is 0 Å². The predicted molar refractivity (Wildman–Crippen MR) is 120 cm³/mol. The van der Waals surface area contributed by atoms with Crippen LogP contribution in [0.5, 0.6) is 0 Å². The van der Waals surface area contributed by atoms with Crippen LogP contribution in [0.2, 0.25) is 0 Å². The van der Waals surface area contributed by atoms with Crippen LogP contribution >= 0.6 is 11.3 Å². The highest BCUT2D eigenvalue weighted by atomic mass is 32.1. The molecular weight excluding hydrogens is 376 g/mol. The standard InChI is InChI=1S/C25H24N2OS/c1-19(12-13-20-8-4-2-5-9-20)27(17-21-10-6-3-7-11-21)25(28)22-14-15-23-24(16-22)29-18-26-23/h2-11,14-16,18-19H,12-13,17H2,1H3/t19-/m1/s1. The fraction of sp³-hybridized carbons (Fsp3) is 0.200. The smallest absolute Gasteiger partial charge is 0.254 e. The molecule has 0 radical (unpaired) electrons. The summed E-state index contributed by atoms with van der Waals surface area (Å²) in [6.45, 7) is 2.76. The SMILES string of the molecule is C[C@H](CCc1ccccc1)N(Cc1ccccc1)C(=O)c1ccc2ncsc2c1. The van der Waals surface area contributed by atoms with Crippen molar-refractivity contribution in [3.8, 4) is 0 Å². The lowest BCUT2D eigenvalue weighted by atomic mass is 10.0. The number of aromatic nitrogens is 1. The molecule has 1 atom stereocenters. The van der Waals surface area contributed by atoms with Gasteiger partial charge in [0, 0.05) is 18.2 Å². The Hall–Kier alpha value is -2.98. The molecule has 4 rings (SSSR count). The first-order valence-electron chi connectivity index (χ1n) is 9.93. The molecule has 1 amide bonds. The Labute approximate surface area is 175 Å². The first kappa shape index (κ1) is 19.3. The van der Waals surface area contributed by atoms with E-state index in [1.807, 2.05) is 52.9 Å². The van der Waals surface area contributed by atoms with E-state index in [1.165, 1.54) is 5.56 Å². The van der Waals surface area contributed by atoms with Gasteiger partial charge >= 0.3 is 0 Å². The van der Waals surface area contributed by atoms with Crippen LogP contribution in [0.1, 0.15) is 34.8 Å². The van der Waals surface area contributed by atoms with Gasteiger partial charge in [-0.15, -0.1) is 11.3 Å². The van der Waals surface area contributed by atoms with Crippen LogP contribution in [0, 0.1) is 0 Å². The summed E-state index contributed by atoms with van der Waals surface area (Å²) in [6.07, 6.45) is 1.87. The third-order valence-electron chi connectivity index (χ3n) is 5.26. The Balaban J connectivity index is 1.57. The van der Waals surface area contributed by atoms with Crippen LogP contribution in [0.3, 0.4) is 0 Å². The third kappa shape index (κ3) is 4.72. The molecule has 0 N–H and O–H groups in total. The number of hydrogen-bond donors (Lipinski definition) is 0. The minimum atomic E-state index is 0.0738. The van der Waals surface area contributed by atoms with Gasteiger partial charge < -0.3 is 4.90 Å². The molecule has 3 nitrogen and oxygen atoms in total. The number of amides is 1. The van der Waals surface area contributed by atoms with Crippen molar-refractivity contribution in [2.24, 2.45) is 0 Å². The highest BCUT2D eigenvalue weighted by Crippen LogP contribution is 2.22. The highest BCUT2D eigenvalue weighted by Gasteiger charge is 2.22. The molecule has 0 aliphatic heterocycles. The van der Waals surface area contributed by atoms with E-state index in [2.05, 4.69) is 48.3 Å². The zero-order valence-corrected chi connectivity index (χ0v) is 17.3. The van der Waals surface area contributed by atoms with E-state index in [0.29, 0.717) is 6.54 Å². The molecule has 1 heterocycles. The summed E-state index contributed by atoms with van der Waals surface area (Å²) in [7, 11) is 0. The largest absolute Gasteiger partial charge is 0.332 e. The fourth-order valence-electron chi connectivity index (χ4n) is 3.54. The molecule has 0 aliphatic carbocycles. The number of fused-ring (bicyclic) bond motifs is 1. The van der Waals surface area contributed by atoms with Crippen molar-refractivity contribution < 1.29 is 4.79 Å². The normalized spacial score (nSPS) is 12.0. The molecule has 0 spiro atoms. The Morgan fingerprint density at radius 2 is 1.66 bits per heavy atom. The molecule has 146 valence electrons. The molecule has 0 fully saturated rings. The van der Waals surface area contributed by atoms with Crippen molar-refractivity contribution in [2.45, 2.75) is 32.4 Å². The lowest BCUT2D eigenvalue weighted by Gasteiger charge is -2.30. The lowest BCUT2D eigenvalue weighted by molar-refractivity contribution is 0.0667. The second-order valence-electron chi connectivity index (χ2n) is 7.33. The predicted octanol–water partition coefficient (Wildman–Crippen LogP) is 5.96. The zero-order chi connectivity index (χ0) is 20.1. The van der Waals surface area contributed by atoms with Crippen molar-refractivity contribution in [3.05, 3.63) is 101 Å². The van der Waals surface area contributed by atoms with Gasteiger partial charge in [-0.3, -0.25) is 4.79 Å². The second kappa shape index (κ2) is 9.01. The summed E-state index contributed by atoms with van der Waals surface area (Å²) >= 11 is 1.57. The topological polar surface area (TPSA) is 33.2 Å². The van der Waals surface area contributed by atoms with Crippen LogP contribution in [0.25, 0.3) is 10.2 Å². The minimum absolute atomic E-state index is 0.0738. The maximum atomic E-state index is 13.5. The van der Waals surface area contributed by atoms with Crippen LogP contribution in [-0.4, -0.2) is 21.8 Å². The summed E-state index contributed by atoms with van der Waals surface area (Å²) in [5.74, 6) is 0.0738. The molecule has 4 aromatic rings. The minimum Gasteiger partial charge on any atom is -0.332 e. The molecule has 0 bridgehead atoms. The van der Waals surface area contributed by atoms with Crippen LogP contribution < -0.4 is 0 Å². The van der Waals surface area contributed by atoms with E-state index >= 15 is 0 Å². The Morgan fingerprint density at radius 3 is 2.38 bits per heavy atom. The number of benzene rings is 3. The fourth-order valence-corrected chi connectivity index (χ4v) is 4.25. The Morgan fingerprint density at radius 1 is 0.966 bits per heavy atom. The van der Waals surface area contributed by atoms with Gasteiger partial charge in [0.05, 0.1) is 15.7 Å². The number of carbonyl (C=O) groups is 1. The molecule has 3 aromatic carbocycles. The number of aryl methyl sites for hydroxylation is 1. The monoisotopic (exact) mass is 400 g/mol. The second-order valence-corrected chi connectivity index (χ2v) is 8.21. The Kier molecular flexibility index (Phi) is 6.01. The molecule has 0 aliphatic rings. The molecule has 1 aromatic heterocycles. The van der Waals surface area contributed by atoms with Crippen molar-refractivity contribution in [1.82, 2.24) is 9.88 Å². The van der Waals surface area contributed by atoms with Crippen LogP contribution in [0.4, 0.5) is 0 Å². The quantitative estimate of drug-likeness (QED) is 0.383. The van der Waals surface area contributed by atoms with Crippen molar-refractivity contribution >= 4 is 27.5 Å². The van der Waals surface area contributed by atoms with Gasteiger partial charge in [0.2, 0.25) is 0 Å². The number of hydrogen-bond acceptors (Lipinski definition) is 3. The van der Waals surface area contributed by atoms with E-state index in [1.54, 1.807) is 11.3 Å². The summed E-state index contributed by atoms with van der Waals surface area (Å²) < 4.78 is 1.05. The van der Waals surface area contributed by atoms with Crippen molar-refractivity contribution in [3.63, 3.8) is 0 Å². The van der Waals surface area contributed by atoms with E-state index in [-0.39, 0.29) is 11.9 Å². The number of carbonyl (C=O) groups excluding carboxylic acids is 1. The van der Waals surface area contributed by atoms with E-state index in [9.17, 15) is 4.79 Å². The summed E-state index contributed by atoms with van der Waals surface area (Å²) in [4.78, 5) is 19.8. The third-order valence-corrected chi connectivity index (χ3v) is 6.05. The first-order chi connectivity index (χ1) is 14.2. The molecule has 0 saturated heterocycles. The van der Waals surface area contributed by atoms with Gasteiger partial charge in [0.15, 0.2) is 0 Å². The highest BCUT2D eigenvalue weighted by molar-refractivity contribution is 7.16. The molecular formula is C25H24N2OS. The average molecular weight is 401 g/mol. The number of nitrogens with zero attached hydrogens (tertiary/aromatic N) is 2. The van der Waals surface area contributed by atoms with E-state index in [0.717, 1.165) is 34.2 Å². The molecule has 4 heteroatoms. The van der Waals surface area contributed by atoms with Crippen molar-refractivity contribution in [1.29, 1.82) is 0 Å². The average Bonchev–Trinajstić information content (AvgIpc) is 3.25. The summed E-state index contributed by atoms with van der Waals surface area (Å²) in [5, 5.41) is 0. The molecule has 0 unspecified atom stereocenters. The first-order valence-corrected chi connectivity index (χ1v) is 10.8. The number of rotatable bonds is 7. The van der Waals surface area contributed by atoms with Crippen LogP contribution in [0.15, 0.2) is 84.4 Å². The molecule has 0 saturated carbocycles. The zero-order valence-electron chi connectivity index (χ0n) is 16.5. The summed E-state index contributed by atoms with van der Waals surface area (Å²) in [6, 6.07) is 26.6. The van der Waals surface area contributed by atoms with Crippen LogP contribution in [-0.2, 0) is 13.0 Å². The van der Waals surface area contributed by atoms with Gasteiger partial charge in [-0.25, -0.2) is 4.98 Å².